The molecule has 3 rings (SSSR count). The van der Waals surface area contributed by atoms with Crippen LogP contribution in [-0.2, 0) is 10.0 Å². The van der Waals surface area contributed by atoms with Gasteiger partial charge in [0.2, 0.25) is 10.0 Å². The van der Waals surface area contributed by atoms with Crippen LogP contribution in [0, 0.1) is 6.92 Å². The minimum absolute atomic E-state index is 0.0489. The molecule has 0 aliphatic carbocycles. The van der Waals surface area contributed by atoms with E-state index in [9.17, 15) is 8.42 Å². The third-order valence-corrected chi connectivity index (χ3v) is 4.38. The molecule has 0 saturated heterocycles. The molecular weight excluding hydrogens is 318 g/mol. The second-order valence-corrected chi connectivity index (χ2v) is 6.40. The van der Waals surface area contributed by atoms with Crippen LogP contribution in [-0.4, -0.2) is 34.0 Å². The van der Waals surface area contributed by atoms with Crippen molar-refractivity contribution in [3.05, 3.63) is 36.0 Å². The van der Waals surface area contributed by atoms with Crippen molar-refractivity contribution in [2.45, 2.75) is 11.8 Å². The lowest BCUT2D eigenvalue weighted by Crippen LogP contribution is -2.16. The molecule has 118 valence electrons. The smallest absolute Gasteiger partial charge is 0.239 e. The minimum atomic E-state index is -4.00. The molecule has 0 spiro atoms. The lowest BCUT2D eigenvalue weighted by Gasteiger charge is -2.13. The van der Waals surface area contributed by atoms with Crippen LogP contribution in [0.2, 0.25) is 0 Å². The molecule has 9 nitrogen and oxygen atoms in total. The number of hydrogen-bond acceptors (Lipinski definition) is 7. The molecule has 0 unspecified atom stereocenters. The fraction of sp³-hybridized carbons (Fsp3) is 0.0769. The third-order valence-electron chi connectivity index (χ3n) is 3.28. The zero-order chi connectivity index (χ0) is 16.6. The number of nitrogens with one attached hydrogen (secondary N) is 1. The Bertz CT molecular complexity index is 951. The van der Waals surface area contributed by atoms with Gasteiger partial charge in [0.25, 0.3) is 0 Å². The summed E-state index contributed by atoms with van der Waals surface area (Å²) in [5, 5.41) is 18.8. The van der Waals surface area contributed by atoms with E-state index < -0.39 is 10.0 Å². The number of rotatable bonds is 3. The Labute approximate surface area is 131 Å². The van der Waals surface area contributed by atoms with Crippen LogP contribution in [0.1, 0.15) is 5.56 Å². The number of aryl methyl sites for hydroxylation is 1. The topological polar surface area (TPSA) is 154 Å². The summed E-state index contributed by atoms with van der Waals surface area (Å²) in [7, 11) is -4.00. The molecule has 2 heterocycles. The fourth-order valence-electron chi connectivity index (χ4n) is 2.33. The first-order valence-electron chi connectivity index (χ1n) is 6.50. The number of nitrogens with two attached hydrogens (primary N) is 2. The molecule has 23 heavy (non-hydrogen) atoms. The van der Waals surface area contributed by atoms with Gasteiger partial charge in [0.1, 0.15) is 0 Å². The van der Waals surface area contributed by atoms with Gasteiger partial charge in [-0.15, -0.1) is 5.10 Å². The van der Waals surface area contributed by atoms with Crippen LogP contribution in [0.3, 0.4) is 0 Å². The number of hydrogen-bond donors (Lipinski definition) is 3. The highest BCUT2D eigenvalue weighted by Gasteiger charge is 2.24. The van der Waals surface area contributed by atoms with Crippen LogP contribution in [0.25, 0.3) is 22.6 Å². The first kappa shape index (κ1) is 15.1. The molecule has 5 N–H and O–H groups in total. The Hall–Kier alpha value is -2.85. The molecule has 10 heteroatoms. The van der Waals surface area contributed by atoms with Gasteiger partial charge in [-0.1, -0.05) is 12.1 Å². The van der Waals surface area contributed by atoms with Gasteiger partial charge in [-0.25, -0.2) is 18.7 Å². The van der Waals surface area contributed by atoms with Crippen molar-refractivity contribution in [2.24, 2.45) is 5.14 Å². The second-order valence-electron chi connectivity index (χ2n) is 4.91. The van der Waals surface area contributed by atoms with Crippen LogP contribution < -0.4 is 10.9 Å². The van der Waals surface area contributed by atoms with E-state index in [1.807, 2.05) is 0 Å². The van der Waals surface area contributed by atoms with Crippen LogP contribution >= 0.6 is 0 Å². The largest absolute Gasteiger partial charge is 0.397 e. The number of aromatic nitrogens is 5. The molecule has 0 bridgehead atoms. The highest BCUT2D eigenvalue weighted by Crippen LogP contribution is 2.35. The minimum Gasteiger partial charge on any atom is -0.397 e. The molecule has 1 aromatic carbocycles. The Morgan fingerprint density at radius 2 is 1.96 bits per heavy atom. The van der Waals surface area contributed by atoms with Gasteiger partial charge in [0.15, 0.2) is 5.82 Å². The number of sulfonamides is 1. The normalized spacial score (nSPS) is 11.6. The summed E-state index contributed by atoms with van der Waals surface area (Å²) in [6, 6.07) is 6.74. The number of H-pyrrole nitrogens is 1. The maximum atomic E-state index is 12.1. The SMILES string of the molecule is Cc1ccc(-c2ccc(N)cn2)c(-c2nnn[nH]2)c1S(N)(=O)=O. The predicted octanol–water partition coefficient (Wildman–Crippen LogP) is 0.467. The van der Waals surface area contributed by atoms with Gasteiger partial charge < -0.3 is 5.73 Å². The molecule has 3 aromatic rings. The van der Waals surface area contributed by atoms with E-state index in [4.69, 9.17) is 10.9 Å². The first-order valence-corrected chi connectivity index (χ1v) is 8.05. The van der Waals surface area contributed by atoms with E-state index in [-0.39, 0.29) is 16.3 Å². The van der Waals surface area contributed by atoms with Crippen molar-refractivity contribution in [3.8, 4) is 22.6 Å². The molecule has 0 saturated carbocycles. The van der Waals surface area contributed by atoms with Gasteiger partial charge in [0.05, 0.1) is 28.0 Å². The van der Waals surface area contributed by atoms with E-state index in [0.29, 0.717) is 22.5 Å². The van der Waals surface area contributed by atoms with Crippen molar-refractivity contribution in [2.75, 3.05) is 5.73 Å². The van der Waals surface area contributed by atoms with Crippen molar-refractivity contribution in [3.63, 3.8) is 0 Å². The molecule has 0 radical (unpaired) electrons. The molecular formula is C13H13N7O2S. The Morgan fingerprint density at radius 1 is 1.17 bits per heavy atom. The second kappa shape index (κ2) is 5.41. The van der Waals surface area contributed by atoms with E-state index >= 15 is 0 Å². The third kappa shape index (κ3) is 2.76. The van der Waals surface area contributed by atoms with Crippen molar-refractivity contribution in [1.29, 1.82) is 0 Å². The summed E-state index contributed by atoms with van der Waals surface area (Å²) in [5.41, 5.74) is 7.95. The van der Waals surface area contributed by atoms with Gasteiger partial charge >= 0.3 is 0 Å². The van der Waals surface area contributed by atoms with Crippen LogP contribution in [0.5, 0.6) is 0 Å². The molecule has 0 atom stereocenters. The number of benzene rings is 1. The highest BCUT2D eigenvalue weighted by molar-refractivity contribution is 7.89. The predicted molar refractivity (Wildman–Crippen MR) is 83.4 cm³/mol. The zero-order valence-corrected chi connectivity index (χ0v) is 12.9. The number of anilines is 1. The molecule has 0 aliphatic heterocycles. The summed E-state index contributed by atoms with van der Waals surface area (Å²) < 4.78 is 24.1. The van der Waals surface area contributed by atoms with E-state index in [2.05, 4.69) is 25.6 Å². The summed E-state index contributed by atoms with van der Waals surface area (Å²) >= 11 is 0. The van der Waals surface area contributed by atoms with Gasteiger partial charge in [-0.2, -0.15) is 0 Å². The average molecular weight is 331 g/mol. The highest BCUT2D eigenvalue weighted by atomic mass is 32.2. The van der Waals surface area contributed by atoms with Gasteiger partial charge in [-0.3, -0.25) is 4.98 Å². The number of tetrazole rings is 1. The Kier molecular flexibility index (Phi) is 3.54. The fourth-order valence-corrected chi connectivity index (χ4v) is 3.34. The summed E-state index contributed by atoms with van der Waals surface area (Å²) in [5.74, 6) is 0.186. The number of nitrogens with zero attached hydrogens (tertiary/aromatic N) is 4. The number of aromatic amines is 1. The summed E-state index contributed by atoms with van der Waals surface area (Å²) in [6.45, 7) is 1.65. The quantitative estimate of drug-likeness (QED) is 0.630. The van der Waals surface area contributed by atoms with E-state index in [0.717, 1.165) is 0 Å². The van der Waals surface area contributed by atoms with Crippen LogP contribution in [0.15, 0.2) is 35.4 Å². The number of pyridine rings is 1. The van der Waals surface area contributed by atoms with E-state index in [1.54, 1.807) is 31.2 Å². The Balaban J connectivity index is 2.39. The lowest BCUT2D eigenvalue weighted by molar-refractivity contribution is 0.597. The Morgan fingerprint density at radius 3 is 2.52 bits per heavy atom. The number of primary sulfonamides is 1. The average Bonchev–Trinajstić information content (AvgIpc) is 3.00. The number of nitrogen functional groups attached to an aromatic ring is 1. The summed E-state index contributed by atoms with van der Waals surface area (Å²) in [6.07, 6.45) is 1.48. The van der Waals surface area contributed by atoms with Crippen molar-refractivity contribution in [1.82, 2.24) is 25.6 Å². The van der Waals surface area contributed by atoms with E-state index in [1.165, 1.54) is 6.20 Å². The monoisotopic (exact) mass is 331 g/mol. The molecule has 2 aromatic heterocycles. The van der Waals surface area contributed by atoms with Crippen LogP contribution in [0.4, 0.5) is 5.69 Å². The lowest BCUT2D eigenvalue weighted by atomic mass is 10.0. The summed E-state index contributed by atoms with van der Waals surface area (Å²) in [4.78, 5) is 4.18. The maximum absolute atomic E-state index is 12.1. The zero-order valence-electron chi connectivity index (χ0n) is 12.1. The first-order chi connectivity index (χ1) is 10.9. The molecule has 0 aliphatic rings. The molecule has 0 fully saturated rings. The molecule has 0 amide bonds. The van der Waals surface area contributed by atoms with Crippen molar-refractivity contribution >= 4 is 15.7 Å². The van der Waals surface area contributed by atoms with Gasteiger partial charge in [0, 0.05) is 5.56 Å². The van der Waals surface area contributed by atoms with Gasteiger partial charge in [-0.05, 0) is 35.0 Å². The standard InChI is InChI=1S/C13H13N7O2S/c1-7-2-4-9(10-5-3-8(14)6-16-10)11(12(7)23(15,21)22)13-17-19-20-18-13/h2-6H,14H2,1H3,(H2,15,21,22)(H,17,18,19,20). The van der Waals surface area contributed by atoms with Crippen molar-refractivity contribution < 1.29 is 8.42 Å². The maximum Gasteiger partial charge on any atom is 0.239 e.